The van der Waals surface area contributed by atoms with Crippen LogP contribution < -0.4 is 10.6 Å². The number of halogens is 3. The maximum Gasteiger partial charge on any atom is 0.490 e. The molecule has 0 saturated carbocycles. The van der Waals surface area contributed by atoms with Crippen molar-refractivity contribution in [2.45, 2.75) is 18.7 Å². The zero-order chi connectivity index (χ0) is 16.6. The van der Waals surface area contributed by atoms with Crippen molar-refractivity contribution in [1.29, 1.82) is 0 Å². The number of anilines is 1. The van der Waals surface area contributed by atoms with Crippen LogP contribution in [0.2, 0.25) is 0 Å². The molecule has 0 bridgehead atoms. The number of hydrogen-bond donors (Lipinski definition) is 2. The Kier molecular flexibility index (Phi) is 3.93. The summed E-state index contributed by atoms with van der Waals surface area (Å²) in [6.45, 7) is 1.05. The van der Waals surface area contributed by atoms with Crippen molar-refractivity contribution in [2.75, 3.05) is 24.5 Å². The van der Waals surface area contributed by atoms with E-state index in [0.29, 0.717) is 6.54 Å². The molecule has 1 aromatic heterocycles. The smallest absolute Gasteiger partial charge is 0.452 e. The van der Waals surface area contributed by atoms with E-state index in [0.717, 1.165) is 28.6 Å². The molecule has 124 valence electrons. The van der Waals surface area contributed by atoms with E-state index < -0.39 is 18.2 Å². The first-order chi connectivity index (χ1) is 10.9. The van der Waals surface area contributed by atoms with Gasteiger partial charge in [0, 0.05) is 22.8 Å². The minimum Gasteiger partial charge on any atom is -0.452 e. The summed E-state index contributed by atoms with van der Waals surface area (Å²) < 4.78 is 40.8. The summed E-state index contributed by atoms with van der Waals surface area (Å²) in [5.74, 6) is -2.13. The zero-order valence-corrected chi connectivity index (χ0v) is 12.2. The van der Waals surface area contributed by atoms with Gasteiger partial charge in [0.05, 0.1) is 13.1 Å². The first kappa shape index (κ1) is 15.7. The summed E-state index contributed by atoms with van der Waals surface area (Å²) >= 11 is 0. The van der Waals surface area contributed by atoms with Crippen LogP contribution in [0.3, 0.4) is 0 Å². The van der Waals surface area contributed by atoms with Crippen molar-refractivity contribution >= 4 is 22.6 Å². The van der Waals surface area contributed by atoms with Gasteiger partial charge in [-0.05, 0) is 36.7 Å². The Balaban J connectivity index is 1.66. The maximum absolute atomic E-state index is 12.1. The molecule has 3 N–H and O–H groups in total. The third-order valence-corrected chi connectivity index (χ3v) is 3.88. The van der Waals surface area contributed by atoms with Gasteiger partial charge in [-0.3, -0.25) is 0 Å². The number of carbonyl (C=O) groups excluding carboxylic acids is 1. The van der Waals surface area contributed by atoms with E-state index in [9.17, 15) is 18.0 Å². The average molecular weight is 327 g/mol. The molecule has 2 aromatic rings. The molecule has 5 nitrogen and oxygen atoms in total. The molecule has 1 fully saturated rings. The maximum atomic E-state index is 12.1. The number of nitrogens with two attached hydrogens (primary N) is 1. The molecule has 3 rings (SSSR count). The molecule has 0 aliphatic carbocycles. The van der Waals surface area contributed by atoms with Gasteiger partial charge in [-0.25, -0.2) is 4.79 Å². The molecule has 2 heterocycles. The lowest BCUT2D eigenvalue weighted by Crippen LogP contribution is -2.54. The molecule has 0 radical (unpaired) electrons. The van der Waals surface area contributed by atoms with Crippen molar-refractivity contribution in [3.8, 4) is 0 Å². The summed E-state index contributed by atoms with van der Waals surface area (Å²) in [6, 6.07) is 5.77. The Morgan fingerprint density at radius 2 is 2.13 bits per heavy atom. The Hall–Kier alpha value is -2.22. The van der Waals surface area contributed by atoms with Crippen LogP contribution >= 0.6 is 0 Å². The number of H-pyrrole nitrogens is 1. The Morgan fingerprint density at radius 1 is 1.39 bits per heavy atom. The molecule has 1 aliphatic heterocycles. The van der Waals surface area contributed by atoms with E-state index in [4.69, 9.17) is 5.73 Å². The average Bonchev–Trinajstić information content (AvgIpc) is 2.84. The lowest BCUT2D eigenvalue weighted by atomic mass is 10.1. The van der Waals surface area contributed by atoms with Crippen molar-refractivity contribution in [3.05, 3.63) is 30.0 Å². The van der Waals surface area contributed by atoms with Crippen LogP contribution in [0.15, 0.2) is 24.4 Å². The van der Waals surface area contributed by atoms with E-state index >= 15 is 0 Å². The molecule has 1 aliphatic rings. The zero-order valence-electron chi connectivity index (χ0n) is 12.2. The Labute approximate surface area is 130 Å². The van der Waals surface area contributed by atoms with Gasteiger partial charge in [-0.15, -0.1) is 0 Å². The van der Waals surface area contributed by atoms with Gasteiger partial charge in [0.15, 0.2) is 0 Å². The number of hydrogen-bond acceptors (Lipinski definition) is 4. The van der Waals surface area contributed by atoms with Crippen molar-refractivity contribution in [3.63, 3.8) is 0 Å². The highest BCUT2D eigenvalue weighted by Gasteiger charge is 2.44. The molecule has 23 heavy (non-hydrogen) atoms. The van der Waals surface area contributed by atoms with Gasteiger partial charge in [0.2, 0.25) is 0 Å². The first-order valence-corrected chi connectivity index (χ1v) is 7.21. The predicted molar refractivity (Wildman–Crippen MR) is 79.2 cm³/mol. The molecule has 0 unspecified atom stereocenters. The van der Waals surface area contributed by atoms with Crippen LogP contribution in [0.4, 0.5) is 18.9 Å². The molecule has 1 aromatic carbocycles. The lowest BCUT2D eigenvalue weighted by molar-refractivity contribution is -0.205. The van der Waals surface area contributed by atoms with E-state index in [1.165, 1.54) is 0 Å². The fourth-order valence-electron chi connectivity index (χ4n) is 2.67. The third-order valence-electron chi connectivity index (χ3n) is 3.88. The minimum atomic E-state index is -4.94. The number of nitrogens with zero attached hydrogens (tertiary/aromatic N) is 1. The monoisotopic (exact) mass is 327 g/mol. The molecular weight excluding hydrogens is 311 g/mol. The van der Waals surface area contributed by atoms with E-state index in [1.807, 2.05) is 29.3 Å². The van der Waals surface area contributed by atoms with Gasteiger partial charge in [0.25, 0.3) is 0 Å². The van der Waals surface area contributed by atoms with Gasteiger partial charge in [0.1, 0.15) is 6.10 Å². The highest BCUT2D eigenvalue weighted by molar-refractivity contribution is 5.87. The van der Waals surface area contributed by atoms with Gasteiger partial charge >= 0.3 is 12.1 Å². The second kappa shape index (κ2) is 5.77. The highest BCUT2D eigenvalue weighted by atomic mass is 19.4. The number of nitrogens with one attached hydrogen (secondary N) is 1. The minimum absolute atomic E-state index is 0.254. The topological polar surface area (TPSA) is 71.3 Å². The molecular formula is C15H16F3N3O2. The van der Waals surface area contributed by atoms with Crippen molar-refractivity contribution in [1.82, 2.24) is 4.98 Å². The first-order valence-electron chi connectivity index (χ1n) is 7.21. The SMILES string of the molecule is NCCc1c[nH]c2ccc(N3CC(OC(=O)C(F)(F)F)C3)cc12. The lowest BCUT2D eigenvalue weighted by Gasteiger charge is -2.40. The molecule has 8 heteroatoms. The fraction of sp³-hybridized carbons (Fsp3) is 0.400. The van der Waals surface area contributed by atoms with Crippen LogP contribution in [-0.4, -0.2) is 42.9 Å². The molecule has 0 amide bonds. The summed E-state index contributed by atoms with van der Waals surface area (Å²) in [5, 5.41) is 1.05. The standard InChI is InChI=1S/C15H16F3N3O2/c16-15(17,18)14(22)23-11-7-21(8-11)10-1-2-13-12(5-10)9(3-4-19)6-20-13/h1-2,5-6,11,20H,3-4,7-8,19H2. The summed E-state index contributed by atoms with van der Waals surface area (Å²) in [6.07, 6.45) is -3.02. The Morgan fingerprint density at radius 3 is 2.78 bits per heavy atom. The number of carbonyl (C=O) groups is 1. The van der Waals surface area contributed by atoms with E-state index in [2.05, 4.69) is 9.72 Å². The van der Waals surface area contributed by atoms with Crippen molar-refractivity contribution in [2.24, 2.45) is 5.73 Å². The third kappa shape index (κ3) is 3.12. The number of fused-ring (bicyclic) bond motifs is 1. The highest BCUT2D eigenvalue weighted by Crippen LogP contribution is 2.29. The molecule has 1 saturated heterocycles. The number of benzene rings is 1. The van der Waals surface area contributed by atoms with E-state index in [-0.39, 0.29) is 13.1 Å². The predicted octanol–water partition coefficient (Wildman–Crippen LogP) is 1.96. The summed E-state index contributed by atoms with van der Waals surface area (Å²) in [5.41, 5.74) is 8.55. The number of esters is 1. The van der Waals surface area contributed by atoms with Crippen LogP contribution in [-0.2, 0) is 16.0 Å². The fourth-order valence-corrected chi connectivity index (χ4v) is 2.67. The summed E-state index contributed by atoms with van der Waals surface area (Å²) in [4.78, 5) is 15.8. The van der Waals surface area contributed by atoms with Crippen molar-refractivity contribution < 1.29 is 22.7 Å². The van der Waals surface area contributed by atoms with Crippen LogP contribution in [0.5, 0.6) is 0 Å². The number of alkyl halides is 3. The second-order valence-corrected chi connectivity index (χ2v) is 5.51. The van der Waals surface area contributed by atoms with Crippen LogP contribution in [0.1, 0.15) is 5.56 Å². The normalized spacial score (nSPS) is 15.7. The number of ether oxygens (including phenoxy) is 1. The van der Waals surface area contributed by atoms with E-state index in [1.54, 1.807) is 0 Å². The summed E-state index contributed by atoms with van der Waals surface area (Å²) in [7, 11) is 0. The largest absolute Gasteiger partial charge is 0.490 e. The Bertz CT molecular complexity index is 720. The number of aromatic nitrogens is 1. The molecule has 0 spiro atoms. The van der Waals surface area contributed by atoms with Crippen LogP contribution in [0, 0.1) is 0 Å². The quantitative estimate of drug-likeness (QED) is 0.842. The second-order valence-electron chi connectivity index (χ2n) is 5.51. The van der Waals surface area contributed by atoms with Gasteiger partial charge < -0.3 is 20.4 Å². The molecule has 0 atom stereocenters. The van der Waals surface area contributed by atoms with Crippen LogP contribution in [0.25, 0.3) is 10.9 Å². The number of aromatic amines is 1. The van der Waals surface area contributed by atoms with Gasteiger partial charge in [-0.2, -0.15) is 13.2 Å². The van der Waals surface area contributed by atoms with Gasteiger partial charge in [-0.1, -0.05) is 0 Å². The number of rotatable bonds is 4.